The molecule has 1 rings (SSSR count). The summed E-state index contributed by atoms with van der Waals surface area (Å²) in [5, 5.41) is 6.67. The summed E-state index contributed by atoms with van der Waals surface area (Å²) >= 11 is 0. The first-order valence-corrected chi connectivity index (χ1v) is 8.56. The summed E-state index contributed by atoms with van der Waals surface area (Å²) in [4.78, 5) is 4.58. The van der Waals surface area contributed by atoms with E-state index in [0.717, 1.165) is 77.0 Å². The van der Waals surface area contributed by atoms with Gasteiger partial charge >= 0.3 is 0 Å². The number of guanidine groups is 1. The maximum absolute atomic E-state index is 5.34. The molecule has 0 amide bonds. The fourth-order valence-electron chi connectivity index (χ4n) is 1.96. The quantitative estimate of drug-likeness (QED) is 0.331. The first-order valence-electron chi connectivity index (χ1n) is 8.56. The number of hydrogen-bond acceptors (Lipinski definition) is 4. The lowest BCUT2D eigenvalue weighted by Gasteiger charge is -2.12. The van der Waals surface area contributed by atoms with Crippen LogP contribution in [-0.2, 0) is 15.9 Å². The molecule has 0 spiro atoms. The predicted molar refractivity (Wildman–Crippen MR) is 92.9 cm³/mol. The molecule has 0 aliphatic carbocycles. The summed E-state index contributed by atoms with van der Waals surface area (Å²) in [6.45, 7) is 9.44. The van der Waals surface area contributed by atoms with E-state index < -0.39 is 0 Å². The molecule has 0 unspecified atom stereocenters. The standard InChI is InChI=1S/C17H31N3O3/c1-3-21-13-6-10-18-17(19-11-7-14-22-4-2)20-12-9-16-8-5-15-23-16/h5,8,15H,3-4,6-7,9-14H2,1-2H3,(H2,18,19,20). The number of hydrogen-bond donors (Lipinski definition) is 2. The van der Waals surface area contributed by atoms with Gasteiger partial charge in [-0.25, -0.2) is 0 Å². The van der Waals surface area contributed by atoms with Gasteiger partial charge in [-0.05, 0) is 38.8 Å². The second-order valence-corrected chi connectivity index (χ2v) is 5.01. The molecular weight excluding hydrogens is 294 g/mol. The van der Waals surface area contributed by atoms with Gasteiger partial charge in [0.1, 0.15) is 5.76 Å². The molecule has 0 saturated heterocycles. The van der Waals surface area contributed by atoms with E-state index in [1.165, 1.54) is 0 Å². The van der Waals surface area contributed by atoms with Crippen LogP contribution in [0, 0.1) is 0 Å². The maximum atomic E-state index is 5.34. The summed E-state index contributed by atoms with van der Waals surface area (Å²) in [7, 11) is 0. The van der Waals surface area contributed by atoms with Crippen LogP contribution >= 0.6 is 0 Å². The van der Waals surface area contributed by atoms with E-state index >= 15 is 0 Å². The number of aliphatic imine (C=N–C) groups is 1. The van der Waals surface area contributed by atoms with Crippen LogP contribution in [0.15, 0.2) is 27.8 Å². The van der Waals surface area contributed by atoms with Gasteiger partial charge in [0.2, 0.25) is 0 Å². The fourth-order valence-corrected chi connectivity index (χ4v) is 1.96. The molecule has 132 valence electrons. The zero-order valence-electron chi connectivity index (χ0n) is 14.5. The van der Waals surface area contributed by atoms with Crippen molar-refractivity contribution in [1.29, 1.82) is 0 Å². The van der Waals surface area contributed by atoms with Crippen LogP contribution in [0.2, 0.25) is 0 Å². The van der Waals surface area contributed by atoms with Gasteiger partial charge in [0.25, 0.3) is 0 Å². The second-order valence-electron chi connectivity index (χ2n) is 5.01. The third-order valence-electron chi connectivity index (χ3n) is 3.13. The molecule has 0 aliphatic rings. The summed E-state index contributed by atoms with van der Waals surface area (Å²) in [6.07, 6.45) is 4.43. The van der Waals surface area contributed by atoms with Gasteiger partial charge < -0.3 is 24.5 Å². The molecule has 1 heterocycles. The minimum atomic E-state index is 0.752. The molecule has 0 aromatic carbocycles. The number of furan rings is 1. The highest BCUT2D eigenvalue weighted by atomic mass is 16.5. The van der Waals surface area contributed by atoms with Gasteiger partial charge in [0.15, 0.2) is 5.96 Å². The Hall–Kier alpha value is -1.53. The van der Waals surface area contributed by atoms with Crippen LogP contribution in [0.3, 0.4) is 0 Å². The zero-order chi connectivity index (χ0) is 16.6. The first kappa shape index (κ1) is 19.5. The Morgan fingerprint density at radius 3 is 2.52 bits per heavy atom. The Kier molecular flexibility index (Phi) is 12.0. The van der Waals surface area contributed by atoms with Crippen molar-refractivity contribution >= 4 is 5.96 Å². The maximum Gasteiger partial charge on any atom is 0.191 e. The molecule has 0 saturated carbocycles. The Morgan fingerprint density at radius 2 is 1.83 bits per heavy atom. The first-order chi connectivity index (χ1) is 11.4. The third-order valence-corrected chi connectivity index (χ3v) is 3.13. The lowest BCUT2D eigenvalue weighted by Crippen LogP contribution is -2.39. The van der Waals surface area contributed by atoms with Crippen LogP contribution in [0.1, 0.15) is 32.4 Å². The smallest absolute Gasteiger partial charge is 0.191 e. The van der Waals surface area contributed by atoms with Crippen molar-refractivity contribution in [3.05, 3.63) is 24.2 Å². The molecule has 6 nitrogen and oxygen atoms in total. The zero-order valence-corrected chi connectivity index (χ0v) is 14.5. The summed E-state index contributed by atoms with van der Waals surface area (Å²) in [6, 6.07) is 3.89. The van der Waals surface area contributed by atoms with Crippen molar-refractivity contribution < 1.29 is 13.9 Å². The van der Waals surface area contributed by atoms with E-state index in [1.807, 2.05) is 26.0 Å². The molecule has 6 heteroatoms. The Morgan fingerprint density at radius 1 is 1.09 bits per heavy atom. The molecule has 1 aromatic rings. The van der Waals surface area contributed by atoms with Crippen molar-refractivity contribution in [2.45, 2.75) is 33.1 Å². The van der Waals surface area contributed by atoms with E-state index in [1.54, 1.807) is 6.26 Å². The van der Waals surface area contributed by atoms with E-state index in [-0.39, 0.29) is 0 Å². The molecule has 0 fully saturated rings. The number of nitrogens with zero attached hydrogens (tertiary/aromatic N) is 1. The summed E-state index contributed by atoms with van der Waals surface area (Å²) < 4.78 is 16.0. The molecule has 0 bridgehead atoms. The summed E-state index contributed by atoms with van der Waals surface area (Å²) in [5.74, 6) is 1.81. The minimum absolute atomic E-state index is 0.752. The minimum Gasteiger partial charge on any atom is -0.469 e. The van der Waals surface area contributed by atoms with Crippen molar-refractivity contribution in [3.8, 4) is 0 Å². The van der Waals surface area contributed by atoms with Crippen molar-refractivity contribution in [2.24, 2.45) is 4.99 Å². The van der Waals surface area contributed by atoms with Crippen LogP contribution in [0.5, 0.6) is 0 Å². The number of nitrogens with one attached hydrogen (secondary N) is 2. The highest BCUT2D eigenvalue weighted by Crippen LogP contribution is 1.99. The van der Waals surface area contributed by atoms with Gasteiger partial charge in [0.05, 0.1) is 6.26 Å². The van der Waals surface area contributed by atoms with Gasteiger partial charge in [0, 0.05) is 52.5 Å². The molecule has 0 radical (unpaired) electrons. The Labute approximate surface area is 139 Å². The highest BCUT2D eigenvalue weighted by Gasteiger charge is 2.00. The van der Waals surface area contributed by atoms with Crippen LogP contribution < -0.4 is 10.6 Å². The van der Waals surface area contributed by atoms with Gasteiger partial charge in [-0.3, -0.25) is 4.99 Å². The SMILES string of the molecule is CCOCCCN=C(NCCCOCC)NCCc1ccco1. The lowest BCUT2D eigenvalue weighted by molar-refractivity contribution is 0.145. The van der Waals surface area contributed by atoms with E-state index in [2.05, 4.69) is 15.6 Å². The van der Waals surface area contributed by atoms with Crippen LogP contribution in [-0.4, -0.2) is 52.0 Å². The molecular formula is C17H31N3O3. The van der Waals surface area contributed by atoms with E-state index in [0.29, 0.717) is 0 Å². The Bertz CT molecular complexity index is 394. The predicted octanol–water partition coefficient (Wildman–Crippen LogP) is 2.21. The second kappa shape index (κ2) is 14.1. The fraction of sp³-hybridized carbons (Fsp3) is 0.706. The van der Waals surface area contributed by atoms with E-state index in [4.69, 9.17) is 13.9 Å². The normalized spacial score (nSPS) is 11.7. The highest BCUT2D eigenvalue weighted by molar-refractivity contribution is 5.79. The molecule has 23 heavy (non-hydrogen) atoms. The largest absolute Gasteiger partial charge is 0.469 e. The van der Waals surface area contributed by atoms with E-state index in [9.17, 15) is 0 Å². The number of rotatable bonds is 13. The van der Waals surface area contributed by atoms with Crippen molar-refractivity contribution in [1.82, 2.24) is 10.6 Å². The summed E-state index contributed by atoms with van der Waals surface area (Å²) in [5.41, 5.74) is 0. The Balaban J connectivity index is 2.26. The molecule has 0 aliphatic heterocycles. The average Bonchev–Trinajstić information content (AvgIpc) is 3.07. The third kappa shape index (κ3) is 10.8. The van der Waals surface area contributed by atoms with Crippen LogP contribution in [0.4, 0.5) is 0 Å². The van der Waals surface area contributed by atoms with Crippen LogP contribution in [0.25, 0.3) is 0 Å². The lowest BCUT2D eigenvalue weighted by atomic mass is 10.3. The number of ether oxygens (including phenoxy) is 2. The monoisotopic (exact) mass is 325 g/mol. The topological polar surface area (TPSA) is 68.0 Å². The van der Waals surface area contributed by atoms with Gasteiger partial charge in [-0.1, -0.05) is 0 Å². The van der Waals surface area contributed by atoms with Crippen molar-refractivity contribution in [2.75, 3.05) is 46.1 Å². The molecule has 0 atom stereocenters. The van der Waals surface area contributed by atoms with Gasteiger partial charge in [-0.2, -0.15) is 0 Å². The van der Waals surface area contributed by atoms with Crippen molar-refractivity contribution in [3.63, 3.8) is 0 Å². The molecule has 1 aromatic heterocycles. The molecule has 2 N–H and O–H groups in total. The average molecular weight is 325 g/mol. The van der Waals surface area contributed by atoms with Gasteiger partial charge in [-0.15, -0.1) is 0 Å².